The van der Waals surface area contributed by atoms with Crippen LogP contribution in [-0.2, 0) is 19.1 Å². The van der Waals surface area contributed by atoms with Gasteiger partial charge in [-0.25, -0.2) is 0 Å². The highest BCUT2D eigenvalue weighted by Gasteiger charge is 2.40. The first-order chi connectivity index (χ1) is 9.30. The molecule has 0 aliphatic carbocycles. The van der Waals surface area contributed by atoms with E-state index in [0.29, 0.717) is 13.0 Å². The van der Waals surface area contributed by atoms with E-state index in [-0.39, 0.29) is 24.0 Å². The van der Waals surface area contributed by atoms with Crippen molar-refractivity contribution in [2.24, 2.45) is 0 Å². The van der Waals surface area contributed by atoms with Crippen LogP contribution in [0, 0.1) is 0 Å². The first-order valence-corrected chi connectivity index (χ1v) is 7.45. The number of esters is 2. The average molecular weight is 285 g/mol. The van der Waals surface area contributed by atoms with Crippen LogP contribution in [-0.4, -0.2) is 47.7 Å². The monoisotopic (exact) mass is 285 g/mol. The Morgan fingerprint density at radius 1 is 1.30 bits per heavy atom. The van der Waals surface area contributed by atoms with Gasteiger partial charge in [0.2, 0.25) is 0 Å². The molecule has 2 atom stereocenters. The second-order valence-corrected chi connectivity index (χ2v) is 6.11. The summed E-state index contributed by atoms with van der Waals surface area (Å²) < 4.78 is 10.6. The van der Waals surface area contributed by atoms with E-state index >= 15 is 0 Å². The summed E-state index contributed by atoms with van der Waals surface area (Å²) in [5.41, 5.74) is -0.503. The van der Waals surface area contributed by atoms with E-state index in [1.54, 1.807) is 6.92 Å². The molecule has 0 spiro atoms. The number of likely N-dealkylation sites (tertiary alicyclic amines) is 1. The standard InChI is InChI=1S/C15H27NO4/c1-6-11(13(17)19-7-2)16-10-8-9-12(16)14(18)20-15(3,4)5/h11-12H,6-10H2,1-5H3/t11?,12-/m1/s1. The molecule has 0 amide bonds. The van der Waals surface area contributed by atoms with Gasteiger partial charge in [-0.2, -0.15) is 0 Å². The summed E-state index contributed by atoms with van der Waals surface area (Å²) >= 11 is 0. The fraction of sp³-hybridized carbons (Fsp3) is 0.867. The molecular weight excluding hydrogens is 258 g/mol. The van der Waals surface area contributed by atoms with Gasteiger partial charge < -0.3 is 9.47 Å². The van der Waals surface area contributed by atoms with Gasteiger partial charge in [0, 0.05) is 0 Å². The molecule has 0 aromatic rings. The van der Waals surface area contributed by atoms with E-state index in [9.17, 15) is 9.59 Å². The van der Waals surface area contributed by atoms with Crippen LogP contribution in [0.1, 0.15) is 53.9 Å². The molecule has 1 saturated heterocycles. The zero-order valence-electron chi connectivity index (χ0n) is 13.3. The van der Waals surface area contributed by atoms with Crippen LogP contribution in [0.3, 0.4) is 0 Å². The zero-order valence-corrected chi connectivity index (χ0v) is 13.3. The van der Waals surface area contributed by atoms with E-state index < -0.39 is 5.60 Å². The number of carbonyl (C=O) groups excluding carboxylic acids is 2. The van der Waals surface area contributed by atoms with E-state index in [2.05, 4.69) is 0 Å². The van der Waals surface area contributed by atoms with Gasteiger partial charge in [0.05, 0.1) is 6.61 Å². The highest BCUT2D eigenvalue weighted by molar-refractivity contribution is 5.80. The number of ether oxygens (including phenoxy) is 2. The molecule has 1 aliphatic rings. The van der Waals surface area contributed by atoms with E-state index in [0.717, 1.165) is 19.4 Å². The Kier molecular flexibility index (Phi) is 5.99. The fourth-order valence-corrected chi connectivity index (χ4v) is 2.56. The quantitative estimate of drug-likeness (QED) is 0.724. The largest absolute Gasteiger partial charge is 0.465 e. The van der Waals surface area contributed by atoms with Crippen LogP contribution in [0.4, 0.5) is 0 Å². The van der Waals surface area contributed by atoms with Crippen molar-refractivity contribution >= 4 is 11.9 Å². The molecule has 5 heteroatoms. The molecule has 0 saturated carbocycles. The molecule has 1 heterocycles. The van der Waals surface area contributed by atoms with Crippen molar-refractivity contribution < 1.29 is 19.1 Å². The summed E-state index contributed by atoms with van der Waals surface area (Å²) in [5.74, 6) is -0.483. The highest BCUT2D eigenvalue weighted by atomic mass is 16.6. The SMILES string of the molecule is CCOC(=O)C(CC)N1CCC[C@@H]1C(=O)OC(C)(C)C. The smallest absolute Gasteiger partial charge is 0.323 e. The maximum absolute atomic E-state index is 12.3. The molecule has 116 valence electrons. The molecule has 1 fully saturated rings. The second-order valence-electron chi connectivity index (χ2n) is 6.11. The lowest BCUT2D eigenvalue weighted by Crippen LogP contribution is -2.49. The Bertz CT molecular complexity index is 348. The summed E-state index contributed by atoms with van der Waals surface area (Å²) in [6.07, 6.45) is 2.28. The summed E-state index contributed by atoms with van der Waals surface area (Å²) in [6, 6.07) is -0.682. The van der Waals surface area contributed by atoms with Crippen molar-refractivity contribution in [1.29, 1.82) is 0 Å². The molecule has 1 rings (SSSR count). The summed E-state index contributed by atoms with van der Waals surface area (Å²) in [4.78, 5) is 26.2. The van der Waals surface area contributed by atoms with Crippen LogP contribution in [0.2, 0.25) is 0 Å². The van der Waals surface area contributed by atoms with Crippen LogP contribution in [0.5, 0.6) is 0 Å². The average Bonchev–Trinajstić information content (AvgIpc) is 2.77. The Morgan fingerprint density at radius 3 is 2.45 bits per heavy atom. The zero-order chi connectivity index (χ0) is 15.3. The Morgan fingerprint density at radius 2 is 1.95 bits per heavy atom. The Hall–Kier alpha value is -1.10. The Labute approximate surface area is 121 Å². The third kappa shape index (κ3) is 4.47. The van der Waals surface area contributed by atoms with Gasteiger partial charge in [-0.15, -0.1) is 0 Å². The van der Waals surface area contributed by atoms with Gasteiger partial charge in [0.25, 0.3) is 0 Å². The van der Waals surface area contributed by atoms with E-state index in [1.807, 2.05) is 32.6 Å². The Balaban J connectivity index is 2.77. The van der Waals surface area contributed by atoms with E-state index in [1.165, 1.54) is 0 Å². The van der Waals surface area contributed by atoms with Crippen LogP contribution >= 0.6 is 0 Å². The van der Waals surface area contributed by atoms with Gasteiger partial charge in [-0.05, 0) is 53.5 Å². The minimum atomic E-state index is -0.503. The van der Waals surface area contributed by atoms with E-state index in [4.69, 9.17) is 9.47 Å². The summed E-state index contributed by atoms with van der Waals surface area (Å²) in [6.45, 7) is 10.4. The lowest BCUT2D eigenvalue weighted by Gasteiger charge is -2.31. The lowest BCUT2D eigenvalue weighted by molar-refractivity contribution is -0.163. The molecular formula is C15H27NO4. The predicted molar refractivity (Wildman–Crippen MR) is 76.3 cm³/mol. The van der Waals surface area contributed by atoms with Gasteiger partial charge in [-0.1, -0.05) is 6.92 Å². The van der Waals surface area contributed by atoms with Crippen molar-refractivity contribution in [3.05, 3.63) is 0 Å². The maximum atomic E-state index is 12.3. The third-order valence-electron chi connectivity index (χ3n) is 3.32. The summed E-state index contributed by atoms with van der Waals surface area (Å²) in [5, 5.41) is 0. The molecule has 1 aliphatic heterocycles. The van der Waals surface area contributed by atoms with Crippen molar-refractivity contribution in [3.63, 3.8) is 0 Å². The molecule has 20 heavy (non-hydrogen) atoms. The number of hydrogen-bond donors (Lipinski definition) is 0. The van der Waals surface area contributed by atoms with Crippen molar-refractivity contribution in [3.8, 4) is 0 Å². The maximum Gasteiger partial charge on any atom is 0.323 e. The molecule has 1 unspecified atom stereocenters. The normalized spacial score (nSPS) is 21.6. The van der Waals surface area contributed by atoms with Crippen LogP contribution < -0.4 is 0 Å². The predicted octanol–water partition coefficient (Wildman–Crippen LogP) is 2.13. The molecule has 0 bridgehead atoms. The molecule has 0 N–H and O–H groups in total. The minimum Gasteiger partial charge on any atom is -0.465 e. The topological polar surface area (TPSA) is 55.8 Å². The first-order valence-electron chi connectivity index (χ1n) is 7.45. The first kappa shape index (κ1) is 17.0. The van der Waals surface area contributed by atoms with Crippen molar-refractivity contribution in [2.45, 2.75) is 71.6 Å². The number of rotatable bonds is 5. The number of carbonyl (C=O) groups is 2. The van der Waals surface area contributed by atoms with Crippen molar-refractivity contribution in [1.82, 2.24) is 4.90 Å². The molecule has 0 radical (unpaired) electrons. The number of nitrogens with zero attached hydrogens (tertiary/aromatic N) is 1. The lowest BCUT2D eigenvalue weighted by atomic mass is 10.1. The molecule has 0 aromatic carbocycles. The second kappa shape index (κ2) is 7.07. The van der Waals surface area contributed by atoms with Gasteiger partial charge in [-0.3, -0.25) is 14.5 Å². The fourth-order valence-electron chi connectivity index (χ4n) is 2.56. The van der Waals surface area contributed by atoms with Gasteiger partial charge >= 0.3 is 11.9 Å². The third-order valence-corrected chi connectivity index (χ3v) is 3.32. The van der Waals surface area contributed by atoms with Crippen LogP contribution in [0.15, 0.2) is 0 Å². The molecule has 5 nitrogen and oxygen atoms in total. The van der Waals surface area contributed by atoms with Gasteiger partial charge in [0.15, 0.2) is 0 Å². The van der Waals surface area contributed by atoms with Gasteiger partial charge in [0.1, 0.15) is 17.7 Å². The highest BCUT2D eigenvalue weighted by Crippen LogP contribution is 2.25. The van der Waals surface area contributed by atoms with Crippen molar-refractivity contribution in [2.75, 3.05) is 13.2 Å². The van der Waals surface area contributed by atoms with Crippen LogP contribution in [0.25, 0.3) is 0 Å². The number of hydrogen-bond acceptors (Lipinski definition) is 5. The molecule has 0 aromatic heterocycles. The summed E-state index contributed by atoms with van der Waals surface area (Å²) in [7, 11) is 0. The minimum absolute atomic E-state index is 0.238.